The van der Waals surface area contributed by atoms with Crippen molar-refractivity contribution in [1.82, 2.24) is 59.3 Å². The third kappa shape index (κ3) is 28.4. The highest BCUT2D eigenvalue weighted by molar-refractivity contribution is 7.94. The number of pyridine rings is 1. The van der Waals surface area contributed by atoms with Crippen molar-refractivity contribution in [3.8, 4) is 41.6 Å². The zero-order valence-corrected chi connectivity index (χ0v) is 55.8. The smallest absolute Gasteiger partial charge is 0.442 e. The van der Waals surface area contributed by atoms with Crippen molar-refractivity contribution in [2.24, 2.45) is 0 Å². The van der Waals surface area contributed by atoms with Crippen LogP contribution >= 0.6 is 30.8 Å². The van der Waals surface area contributed by atoms with E-state index in [-0.39, 0.29) is 63.3 Å². The van der Waals surface area contributed by atoms with Crippen LogP contribution in [0.3, 0.4) is 0 Å². The zero-order valence-electron chi connectivity index (χ0n) is 50.9. The minimum atomic E-state index is -4.46. The summed E-state index contributed by atoms with van der Waals surface area (Å²) in [5.41, 5.74) is -0.362. The third-order valence-electron chi connectivity index (χ3n) is 9.83. The van der Waals surface area contributed by atoms with E-state index in [4.69, 9.17) is 63.0 Å². The van der Waals surface area contributed by atoms with Gasteiger partial charge in [0.2, 0.25) is 29.5 Å². The molecule has 4 heterocycles. The molecular formula is C51H64Cl2F3N14O18PS3. The van der Waals surface area contributed by atoms with Crippen LogP contribution < -0.4 is 55.0 Å². The molecular weight excluding hydrogens is 1350 g/mol. The molecule has 7 N–H and O–H groups in total. The first kappa shape index (κ1) is 79.7. The van der Waals surface area contributed by atoms with E-state index in [1.165, 1.54) is 102 Å². The molecule has 0 radical (unpaired) electrons. The lowest BCUT2D eigenvalue weighted by molar-refractivity contribution is -0.193. The fourth-order valence-electron chi connectivity index (χ4n) is 6.08. The molecule has 2 aromatic carbocycles. The van der Waals surface area contributed by atoms with Crippen LogP contribution in [0.1, 0.15) is 54.8 Å². The molecule has 0 bridgehead atoms. The summed E-state index contributed by atoms with van der Waals surface area (Å²) < 4.78 is 127. The Morgan fingerprint density at radius 1 is 0.859 bits per heavy atom. The number of carboxylic acids is 1. The molecule has 4 aromatic heterocycles. The Labute approximate surface area is 538 Å². The van der Waals surface area contributed by atoms with E-state index in [1.807, 2.05) is 26.1 Å². The lowest BCUT2D eigenvalue weighted by atomic mass is 9.97. The Kier molecular flexibility index (Phi) is 31.2. The van der Waals surface area contributed by atoms with Crippen molar-refractivity contribution in [3.63, 3.8) is 0 Å². The number of halogens is 5. The molecule has 504 valence electrons. The lowest BCUT2D eigenvalue weighted by Gasteiger charge is -2.14. The van der Waals surface area contributed by atoms with E-state index < -0.39 is 105 Å². The number of amides is 5. The first-order valence-electron chi connectivity index (χ1n) is 25.4. The summed E-state index contributed by atoms with van der Waals surface area (Å²) in [6.45, 7) is 6.71. The quantitative estimate of drug-likeness (QED) is 0.0336. The number of carbonyl (C=O) groups excluding carboxylic acids is 3. The van der Waals surface area contributed by atoms with Crippen molar-refractivity contribution >= 4 is 97.6 Å². The number of hydrogen-bond donors (Lipinski definition) is 7. The summed E-state index contributed by atoms with van der Waals surface area (Å²) >= 11 is 12.2. The van der Waals surface area contributed by atoms with E-state index in [9.17, 15) is 63.4 Å². The summed E-state index contributed by atoms with van der Waals surface area (Å²) in [4.78, 5) is 99.6. The van der Waals surface area contributed by atoms with Crippen molar-refractivity contribution in [1.29, 1.82) is 0 Å². The Hall–Kier alpha value is -8.41. The average molecular weight is 1420 g/mol. The molecule has 0 saturated carbocycles. The fourth-order valence-corrected chi connectivity index (χ4v) is 9.21. The maximum atomic E-state index is 12.5. The number of terminal acetylenes is 1. The Morgan fingerprint density at radius 2 is 1.42 bits per heavy atom. The first-order chi connectivity index (χ1) is 42.6. The van der Waals surface area contributed by atoms with E-state index in [2.05, 4.69) is 70.3 Å². The van der Waals surface area contributed by atoms with Gasteiger partial charge in [0.25, 0.3) is 26.0 Å². The minimum absolute atomic E-state index is 0.0434. The number of hydrogen-bond acceptors (Lipinski definition) is 24. The number of aryl methyl sites for hydroxylation is 2. The number of nitrogens with zero attached hydrogens (tertiary/aromatic N) is 9. The molecule has 0 saturated heterocycles. The first-order valence-corrected chi connectivity index (χ1v) is 33.3. The van der Waals surface area contributed by atoms with E-state index in [0.717, 1.165) is 10.7 Å². The fraction of sp³-hybridized carbons (Fsp3) is 0.373. The van der Waals surface area contributed by atoms with Gasteiger partial charge < -0.3 is 47.7 Å². The number of carbonyl (C=O) groups is 4. The summed E-state index contributed by atoms with van der Waals surface area (Å²) in [7, 11) is -5.70. The summed E-state index contributed by atoms with van der Waals surface area (Å²) in [5.74, 6) is 0.422. The highest BCUT2D eigenvalue weighted by Crippen LogP contribution is 2.33. The largest absolute Gasteiger partial charge is 0.778 e. The van der Waals surface area contributed by atoms with Crippen LogP contribution in [-0.2, 0) is 52.1 Å². The van der Waals surface area contributed by atoms with Crippen LogP contribution in [0.4, 0.5) is 34.7 Å². The van der Waals surface area contributed by atoms with Crippen LogP contribution in [-0.4, -0.2) is 175 Å². The monoisotopic (exact) mass is 1410 g/mol. The van der Waals surface area contributed by atoms with Crippen LogP contribution in [0, 0.1) is 19.3 Å². The molecule has 0 aliphatic rings. The average Bonchev–Trinajstić information content (AvgIpc) is 1.46. The highest BCUT2D eigenvalue weighted by Gasteiger charge is 2.30. The topological polar surface area (TPSA) is 443 Å². The molecule has 0 spiro atoms. The predicted octanol–water partition coefficient (Wildman–Crippen LogP) is 4.39. The Bertz CT molecular complexity index is 3880. The minimum Gasteiger partial charge on any atom is -0.778 e. The number of aromatic nitrogens is 8. The summed E-state index contributed by atoms with van der Waals surface area (Å²) in [6.07, 6.45) is 6.02. The van der Waals surface area contributed by atoms with Gasteiger partial charge in [0.05, 0.1) is 85.2 Å². The van der Waals surface area contributed by atoms with Gasteiger partial charge in [0.1, 0.15) is 25.8 Å². The number of methoxy groups -OCH3 is 3. The predicted molar refractivity (Wildman–Crippen MR) is 329 cm³/mol. The Morgan fingerprint density at radius 3 is 1.92 bits per heavy atom. The highest BCUT2D eigenvalue weighted by atomic mass is 35.5. The van der Waals surface area contributed by atoms with Crippen molar-refractivity contribution < 1.29 is 92.0 Å². The van der Waals surface area contributed by atoms with Crippen molar-refractivity contribution in [2.45, 2.75) is 62.0 Å². The van der Waals surface area contributed by atoms with Crippen LogP contribution in [0.2, 0.25) is 10.0 Å². The maximum absolute atomic E-state index is 12.5. The summed E-state index contributed by atoms with van der Waals surface area (Å²) in [5, 5.41) is 18.4. The number of anilines is 2. The van der Waals surface area contributed by atoms with Gasteiger partial charge in [-0.2, -0.15) is 51.2 Å². The van der Waals surface area contributed by atoms with Crippen molar-refractivity contribution in [3.05, 3.63) is 104 Å². The molecule has 5 amide bonds. The van der Waals surface area contributed by atoms with Gasteiger partial charge in [-0.3, -0.25) is 25.5 Å². The molecule has 1 unspecified atom stereocenters. The number of rotatable bonds is 19. The third-order valence-corrected chi connectivity index (χ3v) is 13.8. The number of benzene rings is 2. The Balaban J connectivity index is 0.000000427. The number of sulfonamides is 2. The van der Waals surface area contributed by atoms with Gasteiger partial charge in [-0.05, 0) is 54.1 Å². The second kappa shape index (κ2) is 36.0. The van der Waals surface area contributed by atoms with E-state index in [0.29, 0.717) is 28.2 Å². The molecule has 6 aromatic rings. The number of aliphatic carboxylic acids is 1. The molecule has 1 atom stereocenters. The molecule has 0 aliphatic heterocycles. The van der Waals surface area contributed by atoms with E-state index in [1.54, 1.807) is 9.44 Å². The molecule has 0 fully saturated rings. The zero-order chi connectivity index (χ0) is 70.1. The van der Waals surface area contributed by atoms with Crippen LogP contribution in [0.5, 0.6) is 23.5 Å². The maximum Gasteiger partial charge on any atom is 0.442 e. The normalized spacial score (nSPS) is 11.7. The number of carboxylic acid groups (broad SMARTS) is 1. The molecule has 0 aliphatic carbocycles. The molecule has 32 nitrogen and oxygen atoms in total. The second-order valence-corrected chi connectivity index (χ2v) is 27.4. The van der Waals surface area contributed by atoms with Gasteiger partial charge >= 0.3 is 36.0 Å². The van der Waals surface area contributed by atoms with Gasteiger partial charge in [0.15, 0.2) is 5.03 Å². The van der Waals surface area contributed by atoms with Gasteiger partial charge in [-0.15, -0.1) is 11.5 Å². The van der Waals surface area contributed by atoms with Gasteiger partial charge in [-0.1, -0.05) is 68.1 Å². The second-order valence-electron chi connectivity index (χ2n) is 19.3. The van der Waals surface area contributed by atoms with Crippen LogP contribution in [0.25, 0.3) is 5.69 Å². The number of urea groups is 2. The van der Waals surface area contributed by atoms with Gasteiger partial charge in [0, 0.05) is 38.2 Å². The van der Waals surface area contributed by atoms with E-state index >= 15 is 0 Å². The van der Waals surface area contributed by atoms with Crippen LogP contribution in [0.15, 0.2) is 79.9 Å². The van der Waals surface area contributed by atoms with Gasteiger partial charge in [-0.25, -0.2) is 37.2 Å². The van der Waals surface area contributed by atoms with Crippen molar-refractivity contribution in [2.75, 3.05) is 84.3 Å². The molecule has 41 heteroatoms. The number of alkyl halides is 3. The number of nitrogens with one attached hydrogen (secondary N) is 5. The molecule has 92 heavy (non-hydrogen) atoms. The SMILES string of the molecule is C#CCOc1cc(-n2nc(C(C)(C)C)oc2=O)c(Cl)cc1Cl.COc1cc(OC)nc(NC(=O)NS(=O)(=O)c2ncccc2C(=O)N(C)C)n1.COc1nc(C)nc(NC(=O)NS(=O)(=O)c2ccccc2CCC(F)(F)F)n1.C[S+](C)C.O=C(O)CNCP(=O)([O-])O. The molecule has 6 rings (SSSR count). The summed E-state index contributed by atoms with van der Waals surface area (Å²) in [6, 6.07) is 9.67. The number of ether oxygens (including phenoxy) is 4. The lowest BCUT2D eigenvalue weighted by Crippen LogP contribution is -2.36. The standard InChI is InChI=1S/C15H14Cl2N2O3.C15H16F3N5O4S.C15H18N6O6S.C3H8NO5P.C3H9S/c1-5-6-21-12-8-11(9(16)7-10(12)17)19-14(20)22-13(18-19)15(2,3)4;1-9-19-12(22-14(20-9)27-2)21-13(24)23-28(25,26)11-6-4-3-5-10(11)7-8-15(16,17)18;1-21(2)13(22)9-6-5-7-16-12(9)28(24,25)20-15(23)19-14-17-10(26-3)8-11(18-14)27-4;5-3(6)1-4-2-10(7,8)9;1-4(2)3/h1,7-8H,6H2,2-4H3;3-6H,7-8H2,1-2H3,(H2,19,20,21,22,23,24);5-8H,1-4H3,(H2,17,18,19,20,23);4H,1-2H2,(H,5,6)(H2,7,8,9);1-3H3/q;;;;+1/p-1.